The number of hydrogen-bond acceptors (Lipinski definition) is 4. The average Bonchev–Trinajstić information content (AvgIpc) is 2.60. The van der Waals surface area contributed by atoms with Gasteiger partial charge in [-0.2, -0.15) is 4.72 Å². The summed E-state index contributed by atoms with van der Waals surface area (Å²) in [6.45, 7) is 7.52. The number of phenols is 1. The van der Waals surface area contributed by atoms with E-state index in [1.165, 1.54) is 12.1 Å². The lowest BCUT2D eigenvalue weighted by Crippen LogP contribution is -2.47. The van der Waals surface area contributed by atoms with Crippen LogP contribution in [0.1, 0.15) is 44.4 Å². The number of amides is 1. The zero-order valence-electron chi connectivity index (χ0n) is 16.6. The highest BCUT2D eigenvalue weighted by atomic mass is 32.2. The molecular weight excluding hydrogens is 376 g/mol. The first-order valence-electron chi connectivity index (χ1n) is 9.27. The minimum absolute atomic E-state index is 0.109. The van der Waals surface area contributed by atoms with Crippen molar-refractivity contribution in [3.63, 3.8) is 0 Å². The lowest BCUT2D eigenvalue weighted by atomic mass is 10.0. The summed E-state index contributed by atoms with van der Waals surface area (Å²) in [4.78, 5) is 12.9. The average molecular weight is 405 g/mol. The molecule has 7 heteroatoms. The van der Waals surface area contributed by atoms with Crippen LogP contribution in [0, 0.1) is 12.8 Å². The van der Waals surface area contributed by atoms with Crippen molar-refractivity contribution in [2.45, 2.75) is 51.1 Å². The van der Waals surface area contributed by atoms with Crippen molar-refractivity contribution >= 4 is 15.9 Å². The van der Waals surface area contributed by atoms with Crippen LogP contribution in [-0.2, 0) is 14.8 Å². The molecule has 2 aromatic carbocycles. The molecule has 0 fully saturated rings. The summed E-state index contributed by atoms with van der Waals surface area (Å²) in [5.41, 5.74) is 1.69. The van der Waals surface area contributed by atoms with Gasteiger partial charge in [-0.15, -0.1) is 0 Å². The van der Waals surface area contributed by atoms with Gasteiger partial charge in [0, 0.05) is 0 Å². The summed E-state index contributed by atoms with van der Waals surface area (Å²) in [5.74, 6) is -0.176. The van der Waals surface area contributed by atoms with Crippen molar-refractivity contribution in [1.82, 2.24) is 10.0 Å². The van der Waals surface area contributed by atoms with Crippen LogP contribution < -0.4 is 10.0 Å². The molecule has 0 aliphatic carbocycles. The van der Waals surface area contributed by atoms with E-state index in [-0.39, 0.29) is 22.6 Å². The van der Waals surface area contributed by atoms with Gasteiger partial charge < -0.3 is 10.4 Å². The van der Waals surface area contributed by atoms with Gasteiger partial charge in [0.15, 0.2) is 0 Å². The quantitative estimate of drug-likeness (QED) is 0.629. The predicted octanol–water partition coefficient (Wildman–Crippen LogP) is 3.27. The fourth-order valence-corrected chi connectivity index (χ4v) is 4.05. The Morgan fingerprint density at radius 2 is 1.71 bits per heavy atom. The fraction of sp³-hybridized carbons (Fsp3) is 0.381. The highest BCUT2D eigenvalue weighted by Crippen LogP contribution is 2.19. The smallest absolute Gasteiger partial charge is 0.241 e. The van der Waals surface area contributed by atoms with E-state index in [9.17, 15) is 18.3 Å². The van der Waals surface area contributed by atoms with Gasteiger partial charge in [0.05, 0.1) is 10.9 Å². The maximum atomic E-state index is 12.8. The topological polar surface area (TPSA) is 95.5 Å². The first kappa shape index (κ1) is 21.9. The van der Waals surface area contributed by atoms with Crippen LogP contribution in [0.25, 0.3) is 0 Å². The van der Waals surface area contributed by atoms with Crippen molar-refractivity contribution in [2.24, 2.45) is 5.92 Å². The van der Waals surface area contributed by atoms with Gasteiger partial charge in [0.1, 0.15) is 11.8 Å². The third-order valence-electron chi connectivity index (χ3n) is 4.38. The Bertz CT molecular complexity index is 908. The molecule has 0 aromatic heterocycles. The Kier molecular flexibility index (Phi) is 7.21. The molecule has 1 amide bonds. The SMILES string of the molecule is Cc1ccc(S(=O)(=O)NC(CC(C)C)C(=O)NC(C)c2cccc(O)c2)cc1. The molecule has 3 N–H and O–H groups in total. The number of rotatable bonds is 8. The number of carbonyl (C=O) groups is 1. The highest BCUT2D eigenvalue weighted by Gasteiger charge is 2.27. The van der Waals surface area contributed by atoms with Crippen LogP contribution in [0.15, 0.2) is 53.4 Å². The van der Waals surface area contributed by atoms with Gasteiger partial charge in [-0.25, -0.2) is 8.42 Å². The van der Waals surface area contributed by atoms with Crippen molar-refractivity contribution < 1.29 is 18.3 Å². The number of sulfonamides is 1. The van der Waals surface area contributed by atoms with Gasteiger partial charge in [-0.1, -0.05) is 43.7 Å². The van der Waals surface area contributed by atoms with E-state index in [1.807, 2.05) is 20.8 Å². The van der Waals surface area contributed by atoms with E-state index in [0.29, 0.717) is 6.42 Å². The summed E-state index contributed by atoms with van der Waals surface area (Å²) < 4.78 is 28.0. The molecule has 152 valence electrons. The third-order valence-corrected chi connectivity index (χ3v) is 5.87. The van der Waals surface area contributed by atoms with Crippen LogP contribution in [-0.4, -0.2) is 25.5 Å². The zero-order chi connectivity index (χ0) is 20.9. The maximum absolute atomic E-state index is 12.8. The van der Waals surface area contributed by atoms with Gasteiger partial charge in [0.25, 0.3) is 0 Å². The summed E-state index contributed by atoms with van der Waals surface area (Å²) in [6.07, 6.45) is 0.365. The van der Waals surface area contributed by atoms with Crippen molar-refractivity contribution in [3.05, 3.63) is 59.7 Å². The molecule has 2 aromatic rings. The lowest BCUT2D eigenvalue weighted by Gasteiger charge is -2.23. The van der Waals surface area contributed by atoms with E-state index in [2.05, 4.69) is 10.0 Å². The first-order chi connectivity index (χ1) is 13.1. The predicted molar refractivity (Wildman–Crippen MR) is 109 cm³/mol. The van der Waals surface area contributed by atoms with Crippen molar-refractivity contribution in [1.29, 1.82) is 0 Å². The molecule has 0 bridgehead atoms. The number of aryl methyl sites for hydroxylation is 1. The second-order valence-electron chi connectivity index (χ2n) is 7.44. The van der Waals surface area contributed by atoms with E-state index in [1.54, 1.807) is 43.3 Å². The first-order valence-corrected chi connectivity index (χ1v) is 10.7. The number of nitrogens with one attached hydrogen (secondary N) is 2. The molecule has 0 spiro atoms. The number of phenolic OH excluding ortho intramolecular Hbond substituents is 1. The second kappa shape index (κ2) is 9.21. The molecule has 0 aliphatic heterocycles. The Morgan fingerprint density at radius 3 is 2.29 bits per heavy atom. The molecule has 0 radical (unpaired) electrons. The van der Waals surface area contributed by atoms with E-state index >= 15 is 0 Å². The van der Waals surface area contributed by atoms with Crippen LogP contribution in [0.4, 0.5) is 0 Å². The third kappa shape index (κ3) is 6.07. The van der Waals surface area contributed by atoms with Crippen molar-refractivity contribution in [3.8, 4) is 5.75 Å². The fourth-order valence-electron chi connectivity index (χ4n) is 2.84. The molecular formula is C21H28N2O4S. The van der Waals surface area contributed by atoms with E-state index in [0.717, 1.165) is 11.1 Å². The Labute approximate surface area is 167 Å². The molecule has 6 nitrogen and oxygen atoms in total. The molecule has 2 atom stereocenters. The normalized spacial score (nSPS) is 13.9. The molecule has 0 heterocycles. The largest absolute Gasteiger partial charge is 0.508 e. The molecule has 2 unspecified atom stereocenters. The van der Waals surface area contributed by atoms with Crippen LogP contribution in [0.5, 0.6) is 5.75 Å². The van der Waals surface area contributed by atoms with Crippen LogP contribution in [0.2, 0.25) is 0 Å². The van der Waals surface area contributed by atoms with Crippen LogP contribution >= 0.6 is 0 Å². The van der Waals surface area contributed by atoms with Gasteiger partial charge >= 0.3 is 0 Å². The summed E-state index contributed by atoms with van der Waals surface area (Å²) in [5, 5.41) is 12.5. The number of aromatic hydroxyl groups is 1. The van der Waals surface area contributed by atoms with E-state index in [4.69, 9.17) is 0 Å². The van der Waals surface area contributed by atoms with Gasteiger partial charge in [-0.3, -0.25) is 4.79 Å². The minimum atomic E-state index is -3.82. The Balaban J connectivity index is 2.17. The monoisotopic (exact) mass is 404 g/mol. The van der Waals surface area contributed by atoms with Gasteiger partial charge in [0.2, 0.25) is 15.9 Å². The summed E-state index contributed by atoms with van der Waals surface area (Å²) in [6, 6.07) is 11.8. The van der Waals surface area contributed by atoms with Gasteiger partial charge in [-0.05, 0) is 56.0 Å². The molecule has 2 rings (SSSR count). The van der Waals surface area contributed by atoms with E-state index < -0.39 is 22.0 Å². The number of hydrogen-bond donors (Lipinski definition) is 3. The second-order valence-corrected chi connectivity index (χ2v) is 9.16. The number of benzene rings is 2. The molecule has 28 heavy (non-hydrogen) atoms. The van der Waals surface area contributed by atoms with Crippen LogP contribution in [0.3, 0.4) is 0 Å². The Hall–Kier alpha value is -2.38. The van der Waals surface area contributed by atoms with Crippen molar-refractivity contribution in [2.75, 3.05) is 0 Å². The summed E-state index contributed by atoms with van der Waals surface area (Å²) in [7, 11) is -3.82. The minimum Gasteiger partial charge on any atom is -0.508 e. The maximum Gasteiger partial charge on any atom is 0.241 e. The Morgan fingerprint density at radius 1 is 1.07 bits per heavy atom. The summed E-state index contributed by atoms with van der Waals surface area (Å²) >= 11 is 0. The molecule has 0 aliphatic rings. The lowest BCUT2D eigenvalue weighted by molar-refractivity contribution is -0.123. The standard InChI is InChI=1S/C21H28N2O4S/c1-14(2)12-20(23-28(26,27)19-10-8-15(3)9-11-19)21(25)22-16(4)17-6-5-7-18(24)13-17/h5-11,13-14,16,20,23-24H,12H2,1-4H3,(H,22,25). The molecule has 0 saturated heterocycles. The number of carbonyl (C=O) groups excluding carboxylic acids is 1. The zero-order valence-corrected chi connectivity index (χ0v) is 17.5. The highest BCUT2D eigenvalue weighted by molar-refractivity contribution is 7.89. The molecule has 0 saturated carbocycles.